The number of benzene rings is 1. The summed E-state index contributed by atoms with van der Waals surface area (Å²) in [5.74, 6) is -0.135. The number of esters is 1. The van der Waals surface area contributed by atoms with Gasteiger partial charge in [0.1, 0.15) is 5.82 Å². The second kappa shape index (κ2) is 8.57. The third-order valence-corrected chi connectivity index (χ3v) is 6.49. The Balaban J connectivity index is 0.00000261. The van der Waals surface area contributed by atoms with Crippen LogP contribution in [0.15, 0.2) is 35.5 Å². The number of ether oxygens (including phenoxy) is 1. The molecule has 1 aliphatic rings. The number of halogens is 2. The smallest absolute Gasteiger partial charge is 0.339 e. The van der Waals surface area contributed by atoms with E-state index in [2.05, 4.69) is 10.3 Å². The van der Waals surface area contributed by atoms with E-state index in [9.17, 15) is 13.2 Å². The van der Waals surface area contributed by atoms with Gasteiger partial charge in [-0.25, -0.2) is 18.2 Å². The molecular weight excluding hydrogens is 415 g/mol. The molecule has 3 rings (SSSR count). The zero-order valence-electron chi connectivity index (χ0n) is 14.8. The number of nitrogens with one attached hydrogen (secondary N) is 1. The molecule has 1 aromatic heterocycles. The van der Waals surface area contributed by atoms with Gasteiger partial charge in [0.25, 0.3) is 0 Å². The average Bonchev–Trinajstić information content (AvgIpc) is 3.06. The van der Waals surface area contributed by atoms with E-state index in [0.717, 1.165) is 0 Å². The number of carbonyl (C=O) groups is 1. The number of carbonyl (C=O) groups excluding carboxylic acids is 1. The number of aromatic nitrogens is 2. The summed E-state index contributed by atoms with van der Waals surface area (Å²) in [5.41, 5.74) is -0.0860. The molecule has 148 valence electrons. The van der Waals surface area contributed by atoms with Crippen LogP contribution in [0.5, 0.6) is 0 Å². The maximum atomic E-state index is 13.4. The van der Waals surface area contributed by atoms with Crippen LogP contribution in [0.2, 0.25) is 5.02 Å². The largest absolute Gasteiger partial charge is 0.465 e. The van der Waals surface area contributed by atoms with Crippen LogP contribution in [0, 0.1) is 0 Å². The molecule has 0 saturated carbocycles. The molecule has 0 amide bonds. The molecule has 2 heterocycles. The Labute approximate surface area is 168 Å². The lowest BCUT2D eigenvalue weighted by atomic mass is 10.2. The molecule has 1 aliphatic heterocycles. The molecule has 1 aromatic carbocycles. The number of hydrogen-bond acceptors (Lipinski definition) is 6. The maximum absolute atomic E-state index is 13.4. The second-order valence-corrected chi connectivity index (χ2v) is 8.16. The first-order chi connectivity index (χ1) is 12.4. The number of aryl methyl sites for hydroxylation is 1. The molecule has 11 heteroatoms. The van der Waals surface area contributed by atoms with E-state index in [-0.39, 0.29) is 34.4 Å². The van der Waals surface area contributed by atoms with Gasteiger partial charge in [-0.3, -0.25) is 0 Å². The zero-order valence-corrected chi connectivity index (χ0v) is 17.1. The fourth-order valence-corrected chi connectivity index (χ4v) is 4.94. The molecule has 1 atom stereocenters. The zero-order chi connectivity index (χ0) is 18.9. The Morgan fingerprint density at radius 3 is 2.78 bits per heavy atom. The van der Waals surface area contributed by atoms with Gasteiger partial charge < -0.3 is 14.6 Å². The fraction of sp³-hybridized carbons (Fsp3) is 0.375. The molecule has 0 spiro atoms. The molecular formula is C16H20Cl2N4O4S. The van der Waals surface area contributed by atoms with Crippen LogP contribution in [0.4, 0.5) is 0 Å². The third-order valence-electron chi connectivity index (χ3n) is 4.28. The Morgan fingerprint density at radius 2 is 2.15 bits per heavy atom. The number of sulfonamides is 1. The van der Waals surface area contributed by atoms with Crippen LogP contribution in [-0.4, -0.2) is 55.0 Å². The molecule has 27 heavy (non-hydrogen) atoms. The van der Waals surface area contributed by atoms with Gasteiger partial charge in [0.2, 0.25) is 10.0 Å². The monoisotopic (exact) mass is 434 g/mol. The fourth-order valence-electron chi connectivity index (χ4n) is 3.01. The molecule has 8 nitrogen and oxygen atoms in total. The lowest BCUT2D eigenvalue weighted by Crippen LogP contribution is -2.49. The Morgan fingerprint density at radius 1 is 1.41 bits per heavy atom. The van der Waals surface area contributed by atoms with E-state index in [4.69, 9.17) is 16.3 Å². The van der Waals surface area contributed by atoms with Crippen molar-refractivity contribution in [3.63, 3.8) is 0 Å². The van der Waals surface area contributed by atoms with Crippen LogP contribution in [-0.2, 0) is 21.8 Å². The van der Waals surface area contributed by atoms with Crippen LogP contribution < -0.4 is 5.32 Å². The highest BCUT2D eigenvalue weighted by molar-refractivity contribution is 7.89. The minimum atomic E-state index is -3.98. The summed E-state index contributed by atoms with van der Waals surface area (Å²) < 4.78 is 34.6. The van der Waals surface area contributed by atoms with Crippen LogP contribution >= 0.6 is 24.0 Å². The standard InChI is InChI=1S/C16H19ClN4O4S.ClH/c1-20-7-6-19-15(20)13-10-18-5-8-21(13)26(23,24)14-4-3-11(17)9-12(14)16(22)25-2;/h3-4,6-7,9,13,18H,5,8,10H2,1-2H3;1H. The van der Waals surface area contributed by atoms with Crippen LogP contribution in [0.1, 0.15) is 22.2 Å². The molecule has 0 aliphatic carbocycles. The van der Waals surface area contributed by atoms with Gasteiger partial charge in [0.15, 0.2) is 0 Å². The summed E-state index contributed by atoms with van der Waals surface area (Å²) >= 11 is 5.94. The van der Waals surface area contributed by atoms with Crippen LogP contribution in [0.3, 0.4) is 0 Å². The SMILES string of the molecule is COC(=O)c1cc(Cl)ccc1S(=O)(=O)N1CCNCC1c1nccn1C.Cl. The summed E-state index contributed by atoms with van der Waals surface area (Å²) in [6.45, 7) is 1.18. The van der Waals surface area contributed by atoms with E-state index in [1.807, 2.05) is 7.05 Å². The minimum Gasteiger partial charge on any atom is -0.465 e. The first kappa shape index (κ1) is 21.6. The lowest BCUT2D eigenvalue weighted by Gasteiger charge is -2.35. The summed E-state index contributed by atoms with van der Waals surface area (Å²) in [6, 6.07) is 3.59. The van der Waals surface area contributed by atoms with Crippen molar-refractivity contribution < 1.29 is 17.9 Å². The van der Waals surface area contributed by atoms with Gasteiger partial charge in [-0.05, 0) is 18.2 Å². The molecule has 0 bridgehead atoms. The van der Waals surface area contributed by atoms with E-state index in [1.165, 1.54) is 29.6 Å². The Kier molecular flexibility index (Phi) is 6.87. The lowest BCUT2D eigenvalue weighted by molar-refractivity contribution is 0.0596. The normalized spacial score (nSPS) is 18.0. The van der Waals surface area contributed by atoms with Crippen molar-refractivity contribution in [1.29, 1.82) is 0 Å². The van der Waals surface area contributed by atoms with Crippen molar-refractivity contribution >= 4 is 40.0 Å². The van der Waals surface area contributed by atoms with Crippen LogP contribution in [0.25, 0.3) is 0 Å². The number of rotatable bonds is 4. The summed E-state index contributed by atoms with van der Waals surface area (Å²) in [6.07, 6.45) is 3.38. The maximum Gasteiger partial charge on any atom is 0.339 e. The van der Waals surface area contributed by atoms with Crippen molar-refractivity contribution in [3.05, 3.63) is 47.0 Å². The van der Waals surface area contributed by atoms with Gasteiger partial charge in [-0.1, -0.05) is 11.6 Å². The quantitative estimate of drug-likeness (QED) is 0.734. The predicted molar refractivity (Wildman–Crippen MR) is 103 cm³/mol. The highest BCUT2D eigenvalue weighted by atomic mass is 35.5. The minimum absolute atomic E-state index is 0. The van der Waals surface area contributed by atoms with Gasteiger partial charge >= 0.3 is 5.97 Å². The summed E-state index contributed by atoms with van der Waals surface area (Å²) in [4.78, 5) is 16.2. The van der Waals surface area contributed by atoms with Crippen molar-refractivity contribution in [2.45, 2.75) is 10.9 Å². The average molecular weight is 435 g/mol. The Bertz CT molecular complexity index is 932. The molecule has 1 N–H and O–H groups in total. The number of methoxy groups -OCH3 is 1. The molecule has 1 saturated heterocycles. The van der Waals surface area contributed by atoms with Crippen molar-refractivity contribution in [2.24, 2.45) is 7.05 Å². The molecule has 1 unspecified atom stereocenters. The summed E-state index contributed by atoms with van der Waals surface area (Å²) in [5, 5.41) is 3.44. The van der Waals surface area contributed by atoms with Gasteiger partial charge in [-0.15, -0.1) is 12.4 Å². The molecule has 1 fully saturated rings. The van der Waals surface area contributed by atoms with E-state index >= 15 is 0 Å². The van der Waals surface area contributed by atoms with Crippen molar-refractivity contribution in [2.75, 3.05) is 26.7 Å². The highest BCUT2D eigenvalue weighted by Crippen LogP contribution is 2.31. The van der Waals surface area contributed by atoms with Gasteiger partial charge in [-0.2, -0.15) is 4.31 Å². The van der Waals surface area contributed by atoms with E-state index in [1.54, 1.807) is 17.0 Å². The van der Waals surface area contributed by atoms with Gasteiger partial charge in [0, 0.05) is 44.1 Å². The summed E-state index contributed by atoms with van der Waals surface area (Å²) in [7, 11) is -0.971. The Hall–Kier alpha value is -1.65. The van der Waals surface area contributed by atoms with E-state index in [0.29, 0.717) is 18.9 Å². The van der Waals surface area contributed by atoms with Crippen molar-refractivity contribution in [1.82, 2.24) is 19.2 Å². The number of nitrogens with zero attached hydrogens (tertiary/aromatic N) is 3. The molecule has 0 radical (unpaired) electrons. The van der Waals surface area contributed by atoms with Gasteiger partial charge in [0.05, 0.1) is 23.6 Å². The first-order valence-electron chi connectivity index (χ1n) is 7.94. The number of hydrogen-bond donors (Lipinski definition) is 1. The van der Waals surface area contributed by atoms with Crippen molar-refractivity contribution in [3.8, 4) is 0 Å². The first-order valence-corrected chi connectivity index (χ1v) is 9.75. The molecule has 2 aromatic rings. The van der Waals surface area contributed by atoms with E-state index < -0.39 is 22.0 Å². The highest BCUT2D eigenvalue weighted by Gasteiger charge is 2.38. The topological polar surface area (TPSA) is 93.5 Å². The second-order valence-electron chi connectivity index (χ2n) is 5.86. The number of piperazine rings is 1. The number of imidazole rings is 1. The predicted octanol–water partition coefficient (Wildman–Crippen LogP) is 1.62. The third kappa shape index (κ3) is 4.12.